The lowest BCUT2D eigenvalue weighted by Crippen LogP contribution is -2.55. The Bertz CT molecular complexity index is 655. The van der Waals surface area contributed by atoms with Crippen LogP contribution in [0, 0.1) is 6.92 Å². The molecule has 4 unspecified atom stereocenters. The van der Waals surface area contributed by atoms with Gasteiger partial charge in [-0.3, -0.25) is 14.3 Å². The van der Waals surface area contributed by atoms with Crippen molar-refractivity contribution in [2.24, 2.45) is 0 Å². The van der Waals surface area contributed by atoms with Crippen LogP contribution >= 0.6 is 0 Å². The van der Waals surface area contributed by atoms with Crippen molar-refractivity contribution >= 4 is 0 Å². The molecule has 1 aromatic rings. The van der Waals surface area contributed by atoms with E-state index in [4.69, 9.17) is 9.47 Å². The summed E-state index contributed by atoms with van der Waals surface area (Å²) < 4.78 is 25.5. The molecule has 1 saturated heterocycles. The molecule has 22 heavy (non-hydrogen) atoms. The minimum absolute atomic E-state index is 0.114. The zero-order chi connectivity index (χ0) is 16.7. The molecule has 0 bridgehead atoms. The van der Waals surface area contributed by atoms with Gasteiger partial charge in [-0.15, -0.1) is 0 Å². The summed E-state index contributed by atoms with van der Waals surface area (Å²) in [6, 6.07) is 0. The zero-order valence-corrected chi connectivity index (χ0v) is 12.4. The molecule has 124 valence electrons. The number of aliphatic hydroxyl groups excluding tert-OH is 2. The van der Waals surface area contributed by atoms with Gasteiger partial charge in [-0.05, 0) is 20.8 Å². The predicted molar refractivity (Wildman–Crippen MR) is 73.1 cm³/mol. The van der Waals surface area contributed by atoms with Crippen molar-refractivity contribution in [3.8, 4) is 0 Å². The fourth-order valence-corrected chi connectivity index (χ4v) is 2.21. The lowest BCUT2D eigenvalue weighted by molar-refractivity contribution is -0.324. The zero-order valence-electron chi connectivity index (χ0n) is 12.4. The lowest BCUT2D eigenvalue weighted by Gasteiger charge is -2.41. The molecule has 9 heteroatoms. The number of aryl methyl sites for hydroxylation is 1. The number of H-pyrrole nitrogens is 1. The second kappa shape index (κ2) is 5.92. The molecule has 4 atom stereocenters. The van der Waals surface area contributed by atoms with E-state index in [9.17, 15) is 24.2 Å². The Morgan fingerprint density at radius 2 is 2.14 bits per heavy atom. The smallest absolute Gasteiger partial charge is 0.330 e. The Kier molecular flexibility index (Phi) is 4.52. The fraction of sp³-hybridized carbons (Fsp3) is 0.692. The number of nitrogens with one attached hydrogen (secondary N) is 1. The highest BCUT2D eigenvalue weighted by Gasteiger charge is 2.43. The second-order valence-electron chi connectivity index (χ2n) is 5.70. The van der Waals surface area contributed by atoms with Gasteiger partial charge >= 0.3 is 5.69 Å². The summed E-state index contributed by atoms with van der Waals surface area (Å²) in [7, 11) is 0. The molecule has 2 heterocycles. The fourth-order valence-electron chi connectivity index (χ4n) is 2.21. The number of hydrogen-bond donors (Lipinski definition) is 3. The van der Waals surface area contributed by atoms with Crippen LogP contribution in [0.2, 0.25) is 0 Å². The molecule has 0 aromatic carbocycles. The Morgan fingerprint density at radius 3 is 2.77 bits per heavy atom. The SMILES string of the molecule is Cc1cn(C(F)C(O)C2OC(C)(C)OCC2O)c(=O)[nH]c1=O. The van der Waals surface area contributed by atoms with Crippen LogP contribution in [0.25, 0.3) is 0 Å². The molecule has 0 spiro atoms. The van der Waals surface area contributed by atoms with Gasteiger partial charge in [0.2, 0.25) is 6.30 Å². The number of hydrogen-bond acceptors (Lipinski definition) is 6. The third-order valence-electron chi connectivity index (χ3n) is 3.43. The molecule has 0 aliphatic carbocycles. The highest BCUT2D eigenvalue weighted by molar-refractivity contribution is 5.02. The minimum Gasteiger partial charge on any atom is -0.388 e. The number of aromatic amines is 1. The van der Waals surface area contributed by atoms with Gasteiger partial charge in [0.05, 0.1) is 6.61 Å². The van der Waals surface area contributed by atoms with E-state index in [-0.39, 0.29) is 12.2 Å². The van der Waals surface area contributed by atoms with Crippen LogP contribution in [0.3, 0.4) is 0 Å². The highest BCUT2D eigenvalue weighted by Crippen LogP contribution is 2.28. The molecule has 2 rings (SSSR count). The van der Waals surface area contributed by atoms with Crippen molar-refractivity contribution in [1.82, 2.24) is 9.55 Å². The highest BCUT2D eigenvalue weighted by atomic mass is 19.1. The van der Waals surface area contributed by atoms with Crippen molar-refractivity contribution < 1.29 is 24.1 Å². The van der Waals surface area contributed by atoms with E-state index in [0.29, 0.717) is 4.57 Å². The molecule has 0 amide bonds. The van der Waals surface area contributed by atoms with Gasteiger partial charge in [-0.25, -0.2) is 9.18 Å². The Morgan fingerprint density at radius 1 is 1.50 bits per heavy atom. The Labute approximate surface area is 125 Å². The largest absolute Gasteiger partial charge is 0.388 e. The van der Waals surface area contributed by atoms with E-state index in [0.717, 1.165) is 6.20 Å². The summed E-state index contributed by atoms with van der Waals surface area (Å²) in [5.41, 5.74) is -1.52. The first kappa shape index (κ1) is 16.8. The Balaban J connectivity index is 2.28. The minimum atomic E-state index is -2.20. The summed E-state index contributed by atoms with van der Waals surface area (Å²) >= 11 is 0. The first-order valence-corrected chi connectivity index (χ1v) is 6.76. The van der Waals surface area contributed by atoms with Gasteiger partial charge in [-0.2, -0.15) is 0 Å². The number of nitrogens with zero attached hydrogens (tertiary/aromatic N) is 1. The van der Waals surface area contributed by atoms with Crippen LogP contribution in [0.1, 0.15) is 25.7 Å². The topological polar surface area (TPSA) is 114 Å². The van der Waals surface area contributed by atoms with Crippen LogP contribution in [-0.2, 0) is 9.47 Å². The average molecular weight is 318 g/mol. The maximum Gasteiger partial charge on any atom is 0.330 e. The first-order chi connectivity index (χ1) is 10.1. The molecule has 0 saturated carbocycles. The maximum absolute atomic E-state index is 14.5. The molecular weight excluding hydrogens is 299 g/mol. The van der Waals surface area contributed by atoms with E-state index >= 15 is 0 Å². The van der Waals surface area contributed by atoms with Crippen LogP contribution in [-0.4, -0.2) is 50.5 Å². The maximum atomic E-state index is 14.5. The molecule has 1 aromatic heterocycles. The summed E-state index contributed by atoms with van der Waals surface area (Å²) in [5, 5.41) is 19.9. The van der Waals surface area contributed by atoms with Crippen LogP contribution in [0.5, 0.6) is 0 Å². The van der Waals surface area contributed by atoms with Crippen molar-refractivity contribution in [2.75, 3.05) is 6.61 Å². The van der Waals surface area contributed by atoms with E-state index in [1.165, 1.54) is 6.92 Å². The van der Waals surface area contributed by atoms with Crippen molar-refractivity contribution in [3.63, 3.8) is 0 Å². The summed E-state index contributed by atoms with van der Waals surface area (Å²) in [6.07, 6.45) is -5.54. The molecular formula is C13H19FN2O6. The number of halogens is 1. The van der Waals surface area contributed by atoms with E-state index in [2.05, 4.69) is 0 Å². The van der Waals surface area contributed by atoms with Gasteiger partial charge in [0.25, 0.3) is 5.56 Å². The second-order valence-corrected chi connectivity index (χ2v) is 5.70. The standard InChI is InChI=1S/C13H19FN2O6/c1-6-4-16(12(20)15-11(6)19)10(14)8(18)9-7(17)5-21-13(2,3)22-9/h4,7-10,17-18H,5H2,1-3H3,(H,15,19,20). The molecule has 1 aliphatic rings. The van der Waals surface area contributed by atoms with Gasteiger partial charge in [0.1, 0.15) is 18.3 Å². The quantitative estimate of drug-likeness (QED) is 0.671. The van der Waals surface area contributed by atoms with Crippen LogP contribution in [0.15, 0.2) is 15.8 Å². The number of rotatable bonds is 3. The van der Waals surface area contributed by atoms with Crippen LogP contribution < -0.4 is 11.2 Å². The van der Waals surface area contributed by atoms with E-state index in [1.54, 1.807) is 13.8 Å². The number of aromatic nitrogens is 2. The molecule has 8 nitrogen and oxygen atoms in total. The molecule has 1 aliphatic heterocycles. The summed E-state index contributed by atoms with van der Waals surface area (Å²) in [6.45, 7) is 4.38. The normalized spacial score (nSPS) is 27.4. The number of aliphatic hydroxyl groups is 2. The summed E-state index contributed by atoms with van der Waals surface area (Å²) in [5.74, 6) is -1.10. The van der Waals surface area contributed by atoms with Crippen molar-refractivity contribution in [2.45, 2.75) is 51.2 Å². The van der Waals surface area contributed by atoms with E-state index in [1.807, 2.05) is 4.98 Å². The molecule has 1 fully saturated rings. The molecule has 3 N–H and O–H groups in total. The van der Waals surface area contributed by atoms with Gasteiger partial charge in [0.15, 0.2) is 5.79 Å². The van der Waals surface area contributed by atoms with Crippen molar-refractivity contribution in [1.29, 1.82) is 0 Å². The Hall–Kier alpha value is -1.55. The number of alkyl halides is 1. The van der Waals surface area contributed by atoms with E-state index < -0.39 is 41.6 Å². The number of ether oxygens (including phenoxy) is 2. The predicted octanol–water partition coefficient (Wildman–Crippen LogP) is -0.814. The monoisotopic (exact) mass is 318 g/mol. The third-order valence-corrected chi connectivity index (χ3v) is 3.43. The van der Waals surface area contributed by atoms with Gasteiger partial charge in [0, 0.05) is 11.8 Å². The molecule has 0 radical (unpaired) electrons. The first-order valence-electron chi connectivity index (χ1n) is 6.76. The van der Waals surface area contributed by atoms with Gasteiger partial charge < -0.3 is 19.7 Å². The summed E-state index contributed by atoms with van der Waals surface area (Å²) in [4.78, 5) is 24.9. The average Bonchev–Trinajstić information content (AvgIpc) is 2.44. The lowest BCUT2D eigenvalue weighted by atomic mass is 10.1. The van der Waals surface area contributed by atoms with Crippen molar-refractivity contribution in [3.05, 3.63) is 32.6 Å². The third kappa shape index (κ3) is 3.27. The van der Waals surface area contributed by atoms with Gasteiger partial charge in [-0.1, -0.05) is 0 Å². The van der Waals surface area contributed by atoms with Crippen LogP contribution in [0.4, 0.5) is 4.39 Å².